The Bertz CT molecular complexity index is 824. The molecule has 0 aliphatic carbocycles. The predicted molar refractivity (Wildman–Crippen MR) is 93.1 cm³/mol. The van der Waals surface area contributed by atoms with Crippen LogP contribution in [-0.4, -0.2) is 12.5 Å². The van der Waals surface area contributed by atoms with Crippen molar-refractivity contribution in [2.75, 3.05) is 6.54 Å². The summed E-state index contributed by atoms with van der Waals surface area (Å²) in [7, 11) is 0. The van der Waals surface area contributed by atoms with Gasteiger partial charge in [-0.3, -0.25) is 4.79 Å². The molecule has 0 spiro atoms. The van der Waals surface area contributed by atoms with E-state index in [9.17, 15) is 4.79 Å². The van der Waals surface area contributed by atoms with Gasteiger partial charge in [-0.05, 0) is 43.5 Å². The number of benzene rings is 2. The zero-order valence-electron chi connectivity index (χ0n) is 12.9. The first kappa shape index (κ1) is 15.6. The molecule has 3 rings (SSSR count). The normalized spacial score (nSPS) is 10.9. The van der Waals surface area contributed by atoms with Gasteiger partial charge in [0.15, 0.2) is 5.76 Å². The highest BCUT2D eigenvalue weighted by Crippen LogP contribution is 2.27. The van der Waals surface area contributed by atoms with Gasteiger partial charge in [-0.25, -0.2) is 0 Å². The van der Waals surface area contributed by atoms with Crippen molar-refractivity contribution in [3.05, 3.63) is 70.4 Å². The first-order valence-electron chi connectivity index (χ1n) is 7.66. The van der Waals surface area contributed by atoms with Crippen LogP contribution in [0.4, 0.5) is 0 Å². The van der Waals surface area contributed by atoms with Crippen LogP contribution in [0, 0.1) is 6.92 Å². The Morgan fingerprint density at radius 2 is 1.96 bits per heavy atom. The largest absolute Gasteiger partial charge is 0.451 e. The second-order valence-corrected chi connectivity index (χ2v) is 5.98. The van der Waals surface area contributed by atoms with Crippen LogP contribution >= 0.6 is 11.6 Å². The van der Waals surface area contributed by atoms with Crippen molar-refractivity contribution in [2.24, 2.45) is 0 Å². The Hall–Kier alpha value is -2.26. The summed E-state index contributed by atoms with van der Waals surface area (Å²) in [5.41, 5.74) is 2.78. The molecule has 0 atom stereocenters. The molecular weight excluding hydrogens is 310 g/mol. The number of halogens is 1. The molecule has 3 nitrogen and oxygen atoms in total. The molecular formula is C19H18ClNO2. The predicted octanol–water partition coefficient (Wildman–Crippen LogP) is 4.76. The van der Waals surface area contributed by atoms with Crippen LogP contribution in [0.25, 0.3) is 11.0 Å². The van der Waals surface area contributed by atoms with Crippen molar-refractivity contribution in [2.45, 2.75) is 19.8 Å². The Morgan fingerprint density at radius 3 is 2.74 bits per heavy atom. The third-order valence-corrected chi connectivity index (χ3v) is 4.11. The van der Waals surface area contributed by atoms with Crippen LogP contribution in [-0.2, 0) is 6.42 Å². The molecule has 0 radical (unpaired) electrons. The smallest absolute Gasteiger partial charge is 0.287 e. The Balaban J connectivity index is 1.61. The minimum Gasteiger partial charge on any atom is -0.451 e. The number of hydrogen-bond acceptors (Lipinski definition) is 2. The highest BCUT2D eigenvalue weighted by atomic mass is 35.5. The average molecular weight is 328 g/mol. The van der Waals surface area contributed by atoms with Gasteiger partial charge in [0, 0.05) is 22.5 Å². The van der Waals surface area contributed by atoms with E-state index in [2.05, 4.69) is 17.4 Å². The molecule has 1 aromatic heterocycles. The van der Waals surface area contributed by atoms with Crippen molar-refractivity contribution < 1.29 is 9.21 Å². The maximum Gasteiger partial charge on any atom is 0.287 e. The standard InChI is InChI=1S/C19H18ClNO2/c1-13-16-12-15(20)9-10-17(16)23-18(13)19(22)21-11-5-8-14-6-3-2-4-7-14/h2-4,6-7,9-10,12H,5,8,11H2,1H3,(H,21,22). The highest BCUT2D eigenvalue weighted by Gasteiger charge is 2.17. The van der Waals surface area contributed by atoms with Gasteiger partial charge in [0.25, 0.3) is 5.91 Å². The van der Waals surface area contributed by atoms with Crippen LogP contribution in [0.15, 0.2) is 52.9 Å². The lowest BCUT2D eigenvalue weighted by molar-refractivity contribution is 0.0927. The first-order valence-corrected chi connectivity index (χ1v) is 8.04. The average Bonchev–Trinajstić information content (AvgIpc) is 2.89. The second kappa shape index (κ2) is 6.88. The van der Waals surface area contributed by atoms with E-state index in [1.54, 1.807) is 12.1 Å². The van der Waals surface area contributed by atoms with Crippen LogP contribution in [0.1, 0.15) is 28.1 Å². The van der Waals surface area contributed by atoms with Crippen molar-refractivity contribution >= 4 is 28.5 Å². The molecule has 0 unspecified atom stereocenters. The molecule has 0 aliphatic rings. The summed E-state index contributed by atoms with van der Waals surface area (Å²) >= 11 is 6.00. The molecule has 118 valence electrons. The topological polar surface area (TPSA) is 42.2 Å². The van der Waals surface area contributed by atoms with E-state index in [4.69, 9.17) is 16.0 Å². The summed E-state index contributed by atoms with van der Waals surface area (Å²) in [5, 5.41) is 4.44. The maximum atomic E-state index is 12.3. The quantitative estimate of drug-likeness (QED) is 0.687. The molecule has 0 aliphatic heterocycles. The fraction of sp³-hybridized carbons (Fsp3) is 0.211. The zero-order chi connectivity index (χ0) is 16.2. The molecule has 23 heavy (non-hydrogen) atoms. The maximum absolute atomic E-state index is 12.3. The Labute approximate surface area is 140 Å². The van der Waals surface area contributed by atoms with Crippen molar-refractivity contribution in [1.82, 2.24) is 5.32 Å². The lowest BCUT2D eigenvalue weighted by Gasteiger charge is -2.04. The highest BCUT2D eigenvalue weighted by molar-refractivity contribution is 6.31. The second-order valence-electron chi connectivity index (χ2n) is 5.54. The number of aryl methyl sites for hydroxylation is 2. The number of amides is 1. The zero-order valence-corrected chi connectivity index (χ0v) is 13.7. The minimum atomic E-state index is -0.178. The Morgan fingerprint density at radius 1 is 1.17 bits per heavy atom. The first-order chi connectivity index (χ1) is 11.1. The number of carbonyl (C=O) groups is 1. The van der Waals surface area contributed by atoms with Gasteiger partial charge in [0.05, 0.1) is 0 Å². The molecule has 1 amide bonds. The van der Waals surface area contributed by atoms with Crippen LogP contribution in [0.2, 0.25) is 5.02 Å². The molecule has 0 fully saturated rings. The fourth-order valence-electron chi connectivity index (χ4n) is 2.63. The molecule has 4 heteroatoms. The van der Waals surface area contributed by atoms with Gasteiger partial charge in [0.1, 0.15) is 5.58 Å². The number of fused-ring (bicyclic) bond motifs is 1. The summed E-state index contributed by atoms with van der Waals surface area (Å²) in [5.74, 6) is 0.185. The third kappa shape index (κ3) is 3.57. The van der Waals surface area contributed by atoms with Gasteiger partial charge in [-0.15, -0.1) is 0 Å². The van der Waals surface area contributed by atoms with E-state index in [0.717, 1.165) is 23.8 Å². The molecule has 0 bridgehead atoms. The molecule has 0 saturated carbocycles. The molecule has 3 aromatic rings. The summed E-state index contributed by atoms with van der Waals surface area (Å²) in [4.78, 5) is 12.3. The van der Waals surface area contributed by atoms with Crippen molar-refractivity contribution in [3.8, 4) is 0 Å². The van der Waals surface area contributed by atoms with E-state index in [-0.39, 0.29) is 5.91 Å². The third-order valence-electron chi connectivity index (χ3n) is 3.88. The van der Waals surface area contributed by atoms with E-state index < -0.39 is 0 Å². The number of rotatable bonds is 5. The summed E-state index contributed by atoms with van der Waals surface area (Å²) in [6.45, 7) is 2.49. The number of hydrogen-bond donors (Lipinski definition) is 1. The van der Waals surface area contributed by atoms with E-state index in [1.807, 2.05) is 31.2 Å². The number of furan rings is 1. The lowest BCUT2D eigenvalue weighted by atomic mass is 10.1. The van der Waals surface area contributed by atoms with Crippen molar-refractivity contribution in [3.63, 3.8) is 0 Å². The number of carbonyl (C=O) groups excluding carboxylic acids is 1. The fourth-order valence-corrected chi connectivity index (χ4v) is 2.80. The minimum absolute atomic E-state index is 0.178. The SMILES string of the molecule is Cc1c(C(=O)NCCCc2ccccc2)oc2ccc(Cl)cc12. The monoisotopic (exact) mass is 327 g/mol. The van der Waals surface area contributed by atoms with Crippen molar-refractivity contribution in [1.29, 1.82) is 0 Å². The van der Waals surface area contributed by atoms with Gasteiger partial charge in [0.2, 0.25) is 0 Å². The summed E-state index contributed by atoms with van der Waals surface area (Å²) < 4.78 is 5.66. The Kier molecular flexibility index (Phi) is 4.68. The molecule has 1 heterocycles. The lowest BCUT2D eigenvalue weighted by Crippen LogP contribution is -2.24. The molecule has 0 saturated heterocycles. The van der Waals surface area contributed by atoms with E-state index >= 15 is 0 Å². The summed E-state index contributed by atoms with van der Waals surface area (Å²) in [6.07, 6.45) is 1.83. The van der Waals surface area contributed by atoms with Gasteiger partial charge >= 0.3 is 0 Å². The van der Waals surface area contributed by atoms with Crippen LogP contribution in [0.5, 0.6) is 0 Å². The van der Waals surface area contributed by atoms with Gasteiger partial charge in [-0.1, -0.05) is 41.9 Å². The van der Waals surface area contributed by atoms with E-state index in [1.165, 1.54) is 5.56 Å². The molecule has 1 N–H and O–H groups in total. The van der Waals surface area contributed by atoms with Gasteiger partial charge in [-0.2, -0.15) is 0 Å². The summed E-state index contributed by atoms with van der Waals surface area (Å²) in [6, 6.07) is 15.6. The van der Waals surface area contributed by atoms with E-state index in [0.29, 0.717) is 22.9 Å². The molecule has 2 aromatic carbocycles. The number of nitrogens with one attached hydrogen (secondary N) is 1. The van der Waals surface area contributed by atoms with Crippen LogP contribution < -0.4 is 5.32 Å². The van der Waals surface area contributed by atoms with Gasteiger partial charge < -0.3 is 9.73 Å². The van der Waals surface area contributed by atoms with Crippen LogP contribution in [0.3, 0.4) is 0 Å².